The zero-order chi connectivity index (χ0) is 21.4. The SMILES string of the molecule is C=c1c(C)nc(N)c(N2C3=C(NCC3c3ccccc3)NC(=O)C2C)c1=CNC=O. The van der Waals surface area contributed by atoms with Gasteiger partial charge in [-0.05, 0) is 24.6 Å². The molecular formula is C22H24N6O2. The van der Waals surface area contributed by atoms with Crippen LogP contribution in [0.4, 0.5) is 11.5 Å². The van der Waals surface area contributed by atoms with E-state index < -0.39 is 6.04 Å². The third-order valence-corrected chi connectivity index (χ3v) is 5.63. The van der Waals surface area contributed by atoms with Crippen LogP contribution in [-0.4, -0.2) is 29.9 Å². The first-order valence-electron chi connectivity index (χ1n) is 9.72. The van der Waals surface area contributed by atoms with Crippen LogP contribution < -0.4 is 37.0 Å². The third kappa shape index (κ3) is 3.06. The fraction of sp³-hybridized carbons (Fsp3) is 0.227. The van der Waals surface area contributed by atoms with E-state index in [0.29, 0.717) is 40.6 Å². The molecule has 2 amide bonds. The molecule has 8 heteroatoms. The number of nitrogen functional groups attached to an aromatic ring is 1. The minimum atomic E-state index is -0.538. The Hall–Kier alpha value is -3.81. The maximum atomic E-state index is 12.8. The molecule has 0 bridgehead atoms. The van der Waals surface area contributed by atoms with Crippen molar-refractivity contribution < 1.29 is 9.59 Å². The Labute approximate surface area is 174 Å². The van der Waals surface area contributed by atoms with Crippen molar-refractivity contribution >= 4 is 36.6 Å². The summed E-state index contributed by atoms with van der Waals surface area (Å²) in [7, 11) is 0. The molecule has 1 aromatic heterocycles. The first kappa shape index (κ1) is 19.5. The van der Waals surface area contributed by atoms with Crippen molar-refractivity contribution in [1.29, 1.82) is 0 Å². The molecule has 0 aliphatic carbocycles. The summed E-state index contributed by atoms with van der Waals surface area (Å²) in [5.74, 6) is 0.776. The molecule has 3 heterocycles. The average Bonchev–Trinajstić information content (AvgIpc) is 3.15. The van der Waals surface area contributed by atoms with Crippen LogP contribution in [0.15, 0.2) is 41.8 Å². The van der Waals surface area contributed by atoms with Crippen molar-refractivity contribution in [3.05, 3.63) is 63.5 Å². The molecule has 154 valence electrons. The van der Waals surface area contributed by atoms with E-state index >= 15 is 0 Å². The van der Waals surface area contributed by atoms with Crippen LogP contribution in [0.5, 0.6) is 0 Å². The lowest BCUT2D eigenvalue weighted by atomic mass is 9.94. The number of nitrogens with two attached hydrogens (primary N) is 1. The van der Waals surface area contributed by atoms with Crippen LogP contribution in [0.3, 0.4) is 0 Å². The third-order valence-electron chi connectivity index (χ3n) is 5.63. The van der Waals surface area contributed by atoms with Gasteiger partial charge in [-0.25, -0.2) is 4.98 Å². The molecule has 2 aliphatic heterocycles. The average molecular weight is 404 g/mol. The van der Waals surface area contributed by atoms with Crippen molar-refractivity contribution in [2.45, 2.75) is 25.8 Å². The Kier molecular flexibility index (Phi) is 4.91. The van der Waals surface area contributed by atoms with Crippen molar-refractivity contribution in [3.63, 3.8) is 0 Å². The summed E-state index contributed by atoms with van der Waals surface area (Å²) in [6.45, 7) is 8.38. The minimum Gasteiger partial charge on any atom is -0.382 e. The summed E-state index contributed by atoms with van der Waals surface area (Å²) in [6, 6.07) is 9.54. The molecule has 0 spiro atoms. The summed E-state index contributed by atoms with van der Waals surface area (Å²) in [5, 5.41) is 10.1. The molecule has 5 N–H and O–H groups in total. The largest absolute Gasteiger partial charge is 0.382 e. The number of hydrogen-bond donors (Lipinski definition) is 4. The number of nitrogens with zero attached hydrogens (tertiary/aromatic N) is 2. The van der Waals surface area contributed by atoms with Gasteiger partial charge in [0.05, 0.1) is 11.4 Å². The standard InChI is InChI=1S/C22H24N6O2/c1-12-13(2)26-20(23)18(16(12)9-24-11-29)28-14(3)22(30)27-21-19(28)17(10-25-21)15-7-5-4-6-8-15/h4-9,11,14,17,25H,1,10,23H2,2-3H3,(H,24,29)(H,27,30). The number of pyridine rings is 1. The lowest BCUT2D eigenvalue weighted by Crippen LogP contribution is -2.54. The van der Waals surface area contributed by atoms with Crippen molar-refractivity contribution in [1.82, 2.24) is 20.9 Å². The normalized spacial score (nSPS) is 21.2. The molecule has 30 heavy (non-hydrogen) atoms. The number of carbonyl (C=O) groups is 2. The molecule has 0 saturated carbocycles. The summed E-state index contributed by atoms with van der Waals surface area (Å²) >= 11 is 0. The molecule has 8 nitrogen and oxygen atoms in total. The minimum absolute atomic E-state index is 0.00472. The molecule has 0 radical (unpaired) electrons. The van der Waals surface area contributed by atoms with Crippen LogP contribution in [0, 0.1) is 6.92 Å². The van der Waals surface area contributed by atoms with Gasteiger partial charge in [-0.1, -0.05) is 36.9 Å². The van der Waals surface area contributed by atoms with Gasteiger partial charge in [0.1, 0.15) is 17.7 Å². The highest BCUT2D eigenvalue weighted by molar-refractivity contribution is 5.91. The zero-order valence-electron chi connectivity index (χ0n) is 16.9. The second-order valence-corrected chi connectivity index (χ2v) is 7.39. The topological polar surface area (TPSA) is 112 Å². The van der Waals surface area contributed by atoms with Gasteiger partial charge in [-0.15, -0.1) is 0 Å². The maximum absolute atomic E-state index is 12.8. The number of amides is 2. The highest BCUT2D eigenvalue weighted by atomic mass is 16.2. The molecular weight excluding hydrogens is 380 g/mol. The summed E-state index contributed by atoms with van der Waals surface area (Å²) in [6.07, 6.45) is 2.13. The van der Waals surface area contributed by atoms with Gasteiger partial charge < -0.3 is 26.6 Å². The number of anilines is 2. The Morgan fingerprint density at radius 1 is 1.33 bits per heavy atom. The van der Waals surface area contributed by atoms with E-state index in [2.05, 4.69) is 39.6 Å². The molecule has 1 aromatic carbocycles. The van der Waals surface area contributed by atoms with Gasteiger partial charge in [0.15, 0.2) is 0 Å². The fourth-order valence-corrected chi connectivity index (χ4v) is 4.09. The maximum Gasteiger partial charge on any atom is 0.248 e. The summed E-state index contributed by atoms with van der Waals surface area (Å²) < 4.78 is 0. The van der Waals surface area contributed by atoms with E-state index in [-0.39, 0.29) is 17.6 Å². The highest BCUT2D eigenvalue weighted by Crippen LogP contribution is 2.38. The van der Waals surface area contributed by atoms with E-state index in [1.54, 1.807) is 6.20 Å². The molecule has 2 aromatic rings. The van der Waals surface area contributed by atoms with E-state index in [4.69, 9.17) is 5.73 Å². The highest BCUT2D eigenvalue weighted by Gasteiger charge is 2.41. The van der Waals surface area contributed by atoms with Crippen LogP contribution >= 0.6 is 0 Å². The summed E-state index contributed by atoms with van der Waals surface area (Å²) in [5.41, 5.74) is 9.61. The number of aryl methyl sites for hydroxylation is 1. The molecule has 0 saturated heterocycles. The monoisotopic (exact) mass is 404 g/mol. The Bertz CT molecular complexity index is 1160. The Balaban J connectivity index is 1.98. The second-order valence-electron chi connectivity index (χ2n) is 7.39. The van der Waals surface area contributed by atoms with Gasteiger partial charge in [-0.2, -0.15) is 0 Å². The summed E-state index contributed by atoms with van der Waals surface area (Å²) in [4.78, 5) is 30.1. The lowest BCUT2D eigenvalue weighted by Gasteiger charge is -2.38. The van der Waals surface area contributed by atoms with Crippen molar-refractivity contribution in [3.8, 4) is 0 Å². The van der Waals surface area contributed by atoms with Gasteiger partial charge in [0.25, 0.3) is 0 Å². The Morgan fingerprint density at radius 2 is 2.07 bits per heavy atom. The number of rotatable bonds is 4. The van der Waals surface area contributed by atoms with Crippen LogP contribution in [0.1, 0.15) is 24.1 Å². The quantitative estimate of drug-likeness (QED) is 0.523. The lowest BCUT2D eigenvalue weighted by molar-refractivity contribution is -0.121. The fourth-order valence-electron chi connectivity index (χ4n) is 4.09. The first-order valence-corrected chi connectivity index (χ1v) is 9.72. The molecule has 2 atom stereocenters. The van der Waals surface area contributed by atoms with Gasteiger partial charge in [0, 0.05) is 29.6 Å². The smallest absolute Gasteiger partial charge is 0.248 e. The molecule has 4 rings (SSSR count). The van der Waals surface area contributed by atoms with E-state index in [1.807, 2.05) is 36.9 Å². The van der Waals surface area contributed by atoms with Gasteiger partial charge >= 0.3 is 0 Å². The van der Waals surface area contributed by atoms with Crippen LogP contribution in [0.25, 0.3) is 12.8 Å². The number of aromatic nitrogens is 1. The molecule has 2 unspecified atom stereocenters. The van der Waals surface area contributed by atoms with Gasteiger partial charge in [-0.3, -0.25) is 9.59 Å². The molecule has 0 fully saturated rings. The van der Waals surface area contributed by atoms with E-state index in [1.165, 1.54) is 0 Å². The number of carbonyl (C=O) groups excluding carboxylic acids is 2. The first-order chi connectivity index (χ1) is 14.4. The Morgan fingerprint density at radius 3 is 2.77 bits per heavy atom. The van der Waals surface area contributed by atoms with Crippen molar-refractivity contribution in [2.24, 2.45) is 0 Å². The van der Waals surface area contributed by atoms with Crippen LogP contribution in [0.2, 0.25) is 0 Å². The van der Waals surface area contributed by atoms with Crippen LogP contribution in [-0.2, 0) is 9.59 Å². The predicted molar refractivity (Wildman–Crippen MR) is 116 cm³/mol. The van der Waals surface area contributed by atoms with Gasteiger partial charge in [0.2, 0.25) is 12.3 Å². The number of benzene rings is 1. The van der Waals surface area contributed by atoms with E-state index in [9.17, 15) is 9.59 Å². The van der Waals surface area contributed by atoms with E-state index in [0.717, 1.165) is 11.3 Å². The van der Waals surface area contributed by atoms with Crippen molar-refractivity contribution in [2.75, 3.05) is 17.2 Å². The second kappa shape index (κ2) is 7.55. The molecule has 2 aliphatic rings. The number of nitrogens with one attached hydrogen (secondary N) is 3. The predicted octanol–water partition coefficient (Wildman–Crippen LogP) is -0.253. The number of hydrogen-bond acceptors (Lipinski definition) is 6. The zero-order valence-corrected chi connectivity index (χ0v) is 16.9.